The first-order chi connectivity index (χ1) is 26.3. The summed E-state index contributed by atoms with van der Waals surface area (Å²) in [5, 5.41) is 19.7. The van der Waals surface area contributed by atoms with Gasteiger partial charge in [-0.15, -0.1) is 0 Å². The van der Waals surface area contributed by atoms with Gasteiger partial charge in [-0.25, -0.2) is 9.29 Å². The molecular formula is C42H37ClFN5O6. The highest BCUT2D eigenvalue weighted by Gasteiger charge is 2.68. The number of allylic oxidation sites excluding steroid dienone is 2. The molecule has 4 aromatic carbocycles. The molecule has 55 heavy (non-hydrogen) atoms. The first kappa shape index (κ1) is 36.1. The fourth-order valence-electron chi connectivity index (χ4n) is 8.98. The van der Waals surface area contributed by atoms with Crippen LogP contribution in [0.3, 0.4) is 0 Å². The molecule has 1 N–H and O–H groups in total. The lowest BCUT2D eigenvalue weighted by molar-refractivity contribution is -0.131. The van der Waals surface area contributed by atoms with Crippen LogP contribution in [0.25, 0.3) is 0 Å². The van der Waals surface area contributed by atoms with Crippen LogP contribution < -0.4 is 19.4 Å². The van der Waals surface area contributed by atoms with Gasteiger partial charge in [0.1, 0.15) is 17.3 Å². The molecule has 4 aliphatic rings. The number of methoxy groups -OCH3 is 1. The highest BCUT2D eigenvalue weighted by Crippen LogP contribution is 2.64. The van der Waals surface area contributed by atoms with E-state index < -0.39 is 58.5 Å². The van der Waals surface area contributed by atoms with Crippen molar-refractivity contribution < 1.29 is 33.4 Å². The van der Waals surface area contributed by atoms with E-state index in [2.05, 4.69) is 10.2 Å². The van der Waals surface area contributed by atoms with Crippen molar-refractivity contribution in [1.82, 2.24) is 0 Å². The average Bonchev–Trinajstić information content (AvgIpc) is 3.55. The van der Waals surface area contributed by atoms with Gasteiger partial charge in [0.25, 0.3) is 0 Å². The molecular weight excluding hydrogens is 725 g/mol. The van der Waals surface area contributed by atoms with E-state index in [1.807, 2.05) is 49.3 Å². The number of ether oxygens (including phenoxy) is 1. The Kier molecular flexibility index (Phi) is 8.83. The molecule has 2 saturated heterocycles. The number of halogens is 2. The number of anilines is 3. The van der Waals surface area contributed by atoms with E-state index in [0.717, 1.165) is 16.7 Å². The summed E-state index contributed by atoms with van der Waals surface area (Å²) < 4.78 is 19.7. The molecule has 4 amide bonds. The van der Waals surface area contributed by atoms with Gasteiger partial charge < -0.3 is 14.7 Å². The standard InChI is InChI=1S/C42H37ClFN5O6/c1-42-32(39(52)49(41(42)54)26-13-17-34(44)33(43)19-26)21-30-28(37(42)31-20-27(55-4)14-18-35(31)50)15-16-29-36(30)40(53)48(38(29)51)25-11-7-23(8-12-25)46-45-22-5-9-24(10-6-22)47(2)3/h5-15,17-20,29-30,32,36-37,50H,16,21H2,1-4H3/t29-,30+,32-,36-,37+,42+/m0/s1. The van der Waals surface area contributed by atoms with Crippen molar-refractivity contribution >= 4 is 63.7 Å². The number of carbonyl (C=O) groups excluding carboxylic acids is 4. The van der Waals surface area contributed by atoms with Crippen LogP contribution in [0, 0.1) is 34.9 Å². The Labute approximate surface area is 321 Å². The van der Waals surface area contributed by atoms with Crippen LogP contribution in [0.4, 0.5) is 32.8 Å². The number of phenols is 1. The van der Waals surface area contributed by atoms with Crippen molar-refractivity contribution in [3.8, 4) is 11.5 Å². The Balaban J connectivity index is 1.14. The highest BCUT2D eigenvalue weighted by molar-refractivity contribution is 6.32. The third-order valence-corrected chi connectivity index (χ3v) is 12.0. The number of amides is 4. The molecule has 11 nitrogen and oxygen atoms in total. The average molecular weight is 762 g/mol. The quantitative estimate of drug-likeness (QED) is 0.114. The normalized spacial score (nSPS) is 25.9. The topological polar surface area (TPSA) is 132 Å². The first-order valence-electron chi connectivity index (χ1n) is 17.9. The molecule has 0 aromatic heterocycles. The number of nitrogens with zero attached hydrogens (tertiary/aromatic N) is 5. The maximum atomic E-state index is 14.6. The largest absolute Gasteiger partial charge is 0.508 e. The Morgan fingerprint density at radius 3 is 2.13 bits per heavy atom. The molecule has 0 unspecified atom stereocenters. The number of fused-ring (bicyclic) bond motifs is 4. The van der Waals surface area contributed by atoms with Gasteiger partial charge in [0.2, 0.25) is 23.6 Å². The summed E-state index contributed by atoms with van der Waals surface area (Å²) in [6, 6.07) is 22.6. The van der Waals surface area contributed by atoms with Gasteiger partial charge in [0, 0.05) is 31.3 Å². The summed E-state index contributed by atoms with van der Waals surface area (Å²) in [5.74, 6) is -6.20. The predicted octanol–water partition coefficient (Wildman–Crippen LogP) is 8.11. The molecule has 4 aromatic rings. The second-order valence-corrected chi connectivity index (χ2v) is 15.2. The number of hydrogen-bond donors (Lipinski definition) is 1. The van der Waals surface area contributed by atoms with Gasteiger partial charge in [-0.2, -0.15) is 10.2 Å². The SMILES string of the molecule is COc1ccc(O)c([C@H]2C3=CC[C@@H]4C(=O)N(c5ccc(N=Nc6ccc(N(C)C)cc6)cc5)C(=O)[C@@H]4[C@@H]3C[C@H]3C(=O)N(c4ccc(F)c(Cl)c4)C(=O)[C@@]23C)c1. The second-order valence-electron chi connectivity index (χ2n) is 14.8. The molecule has 280 valence electrons. The third kappa shape index (κ3) is 5.69. The van der Waals surface area contributed by atoms with E-state index in [9.17, 15) is 28.7 Å². The lowest BCUT2D eigenvalue weighted by atomic mass is 9.51. The van der Waals surface area contributed by atoms with Crippen molar-refractivity contribution in [2.75, 3.05) is 35.9 Å². The maximum Gasteiger partial charge on any atom is 0.241 e. The van der Waals surface area contributed by atoms with E-state index in [1.54, 1.807) is 43.3 Å². The van der Waals surface area contributed by atoms with Crippen molar-refractivity contribution in [2.45, 2.75) is 25.7 Å². The van der Waals surface area contributed by atoms with Gasteiger partial charge in [-0.05, 0) is 111 Å². The third-order valence-electron chi connectivity index (χ3n) is 11.7. The van der Waals surface area contributed by atoms with Gasteiger partial charge in [0.15, 0.2) is 0 Å². The van der Waals surface area contributed by atoms with Crippen LogP contribution in [0.15, 0.2) is 107 Å². The Hall–Kier alpha value is -5.88. The molecule has 13 heteroatoms. The molecule has 2 aliphatic heterocycles. The van der Waals surface area contributed by atoms with Crippen LogP contribution in [0.2, 0.25) is 5.02 Å². The van der Waals surface area contributed by atoms with Crippen LogP contribution in [-0.4, -0.2) is 49.9 Å². The fourth-order valence-corrected chi connectivity index (χ4v) is 9.15. The van der Waals surface area contributed by atoms with Crippen molar-refractivity contribution in [1.29, 1.82) is 0 Å². The molecule has 0 spiro atoms. The van der Waals surface area contributed by atoms with Crippen LogP contribution in [-0.2, 0) is 19.2 Å². The van der Waals surface area contributed by atoms with Gasteiger partial charge in [0.05, 0.1) is 58.1 Å². The summed E-state index contributed by atoms with van der Waals surface area (Å²) in [4.78, 5) is 61.9. The number of azo groups is 1. The molecule has 2 aliphatic carbocycles. The molecule has 0 bridgehead atoms. The van der Waals surface area contributed by atoms with E-state index in [0.29, 0.717) is 33.9 Å². The zero-order chi connectivity index (χ0) is 38.9. The number of phenolic OH excluding ortho intramolecular Hbond substituents is 1. The van der Waals surface area contributed by atoms with Crippen molar-refractivity contribution in [2.24, 2.45) is 39.3 Å². The number of benzene rings is 4. The molecule has 3 fully saturated rings. The Morgan fingerprint density at radius 2 is 1.49 bits per heavy atom. The summed E-state index contributed by atoms with van der Waals surface area (Å²) in [6.45, 7) is 1.70. The zero-order valence-corrected chi connectivity index (χ0v) is 31.2. The molecule has 0 radical (unpaired) electrons. The summed E-state index contributed by atoms with van der Waals surface area (Å²) in [6.07, 6.45) is 2.22. The first-order valence-corrected chi connectivity index (χ1v) is 18.3. The minimum absolute atomic E-state index is 0.0996. The number of hydrogen-bond acceptors (Lipinski definition) is 9. The van der Waals surface area contributed by atoms with E-state index in [-0.39, 0.29) is 35.2 Å². The smallest absolute Gasteiger partial charge is 0.241 e. The van der Waals surface area contributed by atoms with Crippen molar-refractivity contribution in [3.05, 3.63) is 113 Å². The number of aromatic hydroxyl groups is 1. The maximum absolute atomic E-state index is 14.6. The van der Waals surface area contributed by atoms with Crippen molar-refractivity contribution in [3.63, 3.8) is 0 Å². The fraction of sp³-hybridized carbons (Fsp3) is 0.286. The van der Waals surface area contributed by atoms with E-state index >= 15 is 0 Å². The second kappa shape index (κ2) is 13.5. The van der Waals surface area contributed by atoms with Gasteiger partial charge in [-0.3, -0.25) is 24.1 Å². The lowest BCUT2D eigenvalue weighted by Gasteiger charge is -2.49. The van der Waals surface area contributed by atoms with Crippen LogP contribution in [0.1, 0.15) is 31.2 Å². The summed E-state index contributed by atoms with van der Waals surface area (Å²) in [5.41, 5.74) is 2.35. The molecule has 1 saturated carbocycles. The highest BCUT2D eigenvalue weighted by atomic mass is 35.5. The van der Waals surface area contributed by atoms with Gasteiger partial charge in [-0.1, -0.05) is 23.3 Å². The van der Waals surface area contributed by atoms with Crippen LogP contribution >= 0.6 is 11.6 Å². The molecule has 2 heterocycles. The predicted molar refractivity (Wildman–Crippen MR) is 205 cm³/mol. The van der Waals surface area contributed by atoms with E-state index in [4.69, 9.17) is 16.3 Å². The van der Waals surface area contributed by atoms with Gasteiger partial charge >= 0.3 is 0 Å². The monoisotopic (exact) mass is 761 g/mol. The number of rotatable bonds is 7. The van der Waals surface area contributed by atoms with Crippen LogP contribution in [0.5, 0.6) is 11.5 Å². The summed E-state index contributed by atoms with van der Waals surface area (Å²) >= 11 is 6.11. The Morgan fingerprint density at radius 1 is 0.836 bits per heavy atom. The summed E-state index contributed by atoms with van der Waals surface area (Å²) in [7, 11) is 5.39. The molecule has 6 atom stereocenters. The lowest BCUT2D eigenvalue weighted by Crippen LogP contribution is -2.48. The Bertz CT molecular complexity index is 2330. The minimum atomic E-state index is -1.43. The minimum Gasteiger partial charge on any atom is -0.508 e. The molecule has 8 rings (SSSR count). The number of carbonyl (C=O) groups is 4. The zero-order valence-electron chi connectivity index (χ0n) is 30.4. The number of imide groups is 2. The van der Waals surface area contributed by atoms with E-state index in [1.165, 1.54) is 30.2 Å².